The number of piperidine rings is 1. The highest BCUT2D eigenvalue weighted by atomic mass is 16.6. The van der Waals surface area contributed by atoms with Crippen LogP contribution in [0.1, 0.15) is 33.6 Å². The second-order valence-corrected chi connectivity index (χ2v) is 7.15. The zero-order valence-corrected chi connectivity index (χ0v) is 14.0. The van der Waals surface area contributed by atoms with E-state index in [4.69, 9.17) is 11.3 Å². The molecular formula is C16H28N4O2. The summed E-state index contributed by atoms with van der Waals surface area (Å²) in [5.41, 5.74) is -0.427. The van der Waals surface area contributed by atoms with Crippen molar-refractivity contribution < 1.29 is 9.53 Å². The Bertz CT molecular complexity index is 411. The maximum absolute atomic E-state index is 12.1. The van der Waals surface area contributed by atoms with Crippen LogP contribution in [0, 0.1) is 6.57 Å². The van der Waals surface area contributed by atoms with Gasteiger partial charge in [-0.05, 0) is 33.6 Å². The van der Waals surface area contributed by atoms with Crippen LogP contribution < -0.4 is 0 Å². The number of ether oxygens (including phenoxy) is 1. The number of hydrogen-bond donors (Lipinski definition) is 0. The van der Waals surface area contributed by atoms with Crippen LogP contribution in [0.25, 0.3) is 4.85 Å². The van der Waals surface area contributed by atoms with Crippen LogP contribution in [0.4, 0.5) is 4.79 Å². The van der Waals surface area contributed by atoms with Gasteiger partial charge < -0.3 is 9.64 Å². The largest absolute Gasteiger partial charge is 0.444 e. The van der Waals surface area contributed by atoms with Gasteiger partial charge in [-0.25, -0.2) is 16.3 Å². The van der Waals surface area contributed by atoms with Gasteiger partial charge in [0.1, 0.15) is 5.60 Å². The predicted octanol–water partition coefficient (Wildman–Crippen LogP) is 1.88. The molecule has 0 saturated carbocycles. The van der Waals surface area contributed by atoms with Gasteiger partial charge in [0, 0.05) is 45.3 Å². The normalized spacial score (nSPS) is 22.4. The van der Waals surface area contributed by atoms with Crippen LogP contribution in [0.5, 0.6) is 0 Å². The molecule has 2 aliphatic heterocycles. The standard InChI is InChI=1S/C16H28N4O2/c1-16(2,3)22-15(21)20-11-9-19(10-12-20)14-5-7-18(8-6-14)13-17-4/h14H,5-13H2,1-3H3. The Kier molecular flexibility index (Phi) is 5.65. The van der Waals surface area contributed by atoms with Crippen molar-refractivity contribution >= 4 is 6.09 Å². The van der Waals surface area contributed by atoms with Crippen molar-refractivity contribution in [2.75, 3.05) is 45.9 Å². The number of carbonyl (C=O) groups is 1. The van der Waals surface area contributed by atoms with Gasteiger partial charge in [-0.15, -0.1) is 0 Å². The molecule has 0 atom stereocenters. The fraction of sp³-hybridized carbons (Fsp3) is 0.875. The lowest BCUT2D eigenvalue weighted by Crippen LogP contribution is -2.54. The van der Waals surface area contributed by atoms with Gasteiger partial charge >= 0.3 is 6.09 Å². The zero-order valence-electron chi connectivity index (χ0n) is 14.0. The first-order valence-electron chi connectivity index (χ1n) is 8.16. The summed E-state index contributed by atoms with van der Waals surface area (Å²) in [6.45, 7) is 18.5. The Balaban J connectivity index is 1.74. The van der Waals surface area contributed by atoms with E-state index in [1.165, 1.54) is 0 Å². The quantitative estimate of drug-likeness (QED) is 0.730. The fourth-order valence-corrected chi connectivity index (χ4v) is 3.12. The minimum Gasteiger partial charge on any atom is -0.444 e. The molecule has 0 aliphatic carbocycles. The number of hydrogen-bond acceptors (Lipinski definition) is 4. The van der Waals surface area contributed by atoms with E-state index in [2.05, 4.69) is 14.6 Å². The molecular weight excluding hydrogens is 280 g/mol. The second-order valence-electron chi connectivity index (χ2n) is 7.15. The minimum atomic E-state index is -0.427. The van der Waals surface area contributed by atoms with Crippen LogP contribution in [-0.2, 0) is 4.74 Å². The minimum absolute atomic E-state index is 0.195. The number of carbonyl (C=O) groups excluding carboxylic acids is 1. The Labute approximate surface area is 133 Å². The Morgan fingerprint density at radius 2 is 1.73 bits per heavy atom. The van der Waals surface area contributed by atoms with Crippen molar-refractivity contribution in [3.05, 3.63) is 11.4 Å². The predicted molar refractivity (Wildman–Crippen MR) is 85.4 cm³/mol. The van der Waals surface area contributed by atoms with Gasteiger partial charge in [-0.3, -0.25) is 9.74 Å². The molecule has 2 fully saturated rings. The smallest absolute Gasteiger partial charge is 0.410 e. The first-order chi connectivity index (χ1) is 10.4. The fourth-order valence-electron chi connectivity index (χ4n) is 3.12. The Hall–Kier alpha value is -1.32. The molecule has 0 aromatic heterocycles. The average Bonchev–Trinajstić information content (AvgIpc) is 2.47. The van der Waals surface area contributed by atoms with E-state index in [1.807, 2.05) is 25.7 Å². The third-order valence-corrected chi connectivity index (χ3v) is 4.31. The number of likely N-dealkylation sites (tertiary alicyclic amines) is 1. The monoisotopic (exact) mass is 308 g/mol. The molecule has 0 unspecified atom stereocenters. The first-order valence-corrected chi connectivity index (χ1v) is 8.16. The average molecular weight is 308 g/mol. The summed E-state index contributed by atoms with van der Waals surface area (Å²) in [7, 11) is 0. The summed E-state index contributed by atoms with van der Waals surface area (Å²) in [4.78, 5) is 22.1. The number of piperazine rings is 1. The van der Waals surface area contributed by atoms with Gasteiger partial charge in [0.15, 0.2) is 0 Å². The molecule has 6 heteroatoms. The van der Waals surface area contributed by atoms with E-state index in [1.54, 1.807) is 0 Å². The van der Waals surface area contributed by atoms with Gasteiger partial charge in [-0.1, -0.05) is 0 Å². The molecule has 124 valence electrons. The molecule has 0 aromatic carbocycles. The highest BCUT2D eigenvalue weighted by Gasteiger charge is 2.30. The molecule has 6 nitrogen and oxygen atoms in total. The van der Waals surface area contributed by atoms with Crippen LogP contribution in [0.3, 0.4) is 0 Å². The SMILES string of the molecule is [C-]#[N+]CN1CCC(N2CCN(C(=O)OC(C)(C)C)CC2)CC1. The lowest BCUT2D eigenvalue weighted by atomic mass is 10.0. The molecule has 0 aromatic rings. The van der Waals surface area contributed by atoms with Crippen LogP contribution >= 0.6 is 0 Å². The number of amides is 1. The van der Waals surface area contributed by atoms with Crippen molar-refractivity contribution in [3.8, 4) is 0 Å². The molecule has 22 heavy (non-hydrogen) atoms. The van der Waals surface area contributed by atoms with Crippen LogP contribution in [0.2, 0.25) is 0 Å². The third-order valence-electron chi connectivity index (χ3n) is 4.31. The maximum atomic E-state index is 12.1. The van der Waals surface area contributed by atoms with E-state index >= 15 is 0 Å². The molecule has 2 heterocycles. The second kappa shape index (κ2) is 7.30. The van der Waals surface area contributed by atoms with E-state index in [-0.39, 0.29) is 6.09 Å². The lowest BCUT2D eigenvalue weighted by Gasteiger charge is -2.42. The molecule has 0 radical (unpaired) electrons. The van der Waals surface area contributed by atoms with E-state index in [9.17, 15) is 4.79 Å². The first kappa shape index (κ1) is 17.0. The Morgan fingerprint density at radius 1 is 1.14 bits per heavy atom. The highest BCUT2D eigenvalue weighted by Crippen LogP contribution is 2.19. The Morgan fingerprint density at radius 3 is 2.23 bits per heavy atom. The summed E-state index contributed by atoms with van der Waals surface area (Å²) in [6, 6.07) is 0.600. The summed E-state index contributed by atoms with van der Waals surface area (Å²) < 4.78 is 5.43. The maximum Gasteiger partial charge on any atom is 0.410 e. The summed E-state index contributed by atoms with van der Waals surface area (Å²) in [5, 5.41) is 0. The van der Waals surface area contributed by atoms with Crippen molar-refractivity contribution in [2.45, 2.75) is 45.3 Å². The summed E-state index contributed by atoms with van der Waals surface area (Å²) >= 11 is 0. The van der Waals surface area contributed by atoms with Crippen molar-refractivity contribution in [1.82, 2.24) is 14.7 Å². The van der Waals surface area contributed by atoms with Crippen molar-refractivity contribution in [2.24, 2.45) is 0 Å². The third kappa shape index (κ3) is 4.85. The van der Waals surface area contributed by atoms with Crippen molar-refractivity contribution in [1.29, 1.82) is 0 Å². The van der Waals surface area contributed by atoms with E-state index < -0.39 is 5.60 Å². The van der Waals surface area contributed by atoms with Crippen LogP contribution in [-0.4, -0.2) is 78.4 Å². The topological polar surface area (TPSA) is 40.4 Å². The molecule has 0 bridgehead atoms. The highest BCUT2D eigenvalue weighted by molar-refractivity contribution is 5.68. The summed E-state index contributed by atoms with van der Waals surface area (Å²) in [5.74, 6) is 0. The van der Waals surface area contributed by atoms with Gasteiger partial charge in [0.25, 0.3) is 6.67 Å². The van der Waals surface area contributed by atoms with Gasteiger partial charge in [0.2, 0.25) is 0 Å². The molecule has 0 N–H and O–H groups in total. The molecule has 0 spiro atoms. The van der Waals surface area contributed by atoms with E-state index in [0.29, 0.717) is 12.7 Å². The van der Waals surface area contributed by atoms with Crippen LogP contribution in [0.15, 0.2) is 0 Å². The van der Waals surface area contributed by atoms with E-state index in [0.717, 1.165) is 52.1 Å². The summed E-state index contributed by atoms with van der Waals surface area (Å²) in [6.07, 6.45) is 2.06. The molecule has 1 amide bonds. The molecule has 2 rings (SSSR count). The number of nitrogens with zero attached hydrogens (tertiary/aromatic N) is 4. The zero-order chi connectivity index (χ0) is 16.2. The van der Waals surface area contributed by atoms with Gasteiger partial charge in [0.05, 0.1) is 0 Å². The lowest BCUT2D eigenvalue weighted by molar-refractivity contribution is 0.00613. The van der Waals surface area contributed by atoms with Crippen molar-refractivity contribution in [3.63, 3.8) is 0 Å². The van der Waals surface area contributed by atoms with Gasteiger partial charge in [-0.2, -0.15) is 0 Å². The molecule has 2 saturated heterocycles. The molecule has 2 aliphatic rings. The number of rotatable bonds is 2.